The van der Waals surface area contributed by atoms with E-state index in [-0.39, 0.29) is 42.5 Å². The van der Waals surface area contributed by atoms with Gasteiger partial charge in [0.05, 0.1) is 52.5 Å². The van der Waals surface area contributed by atoms with Gasteiger partial charge in [0.25, 0.3) is 0 Å². The van der Waals surface area contributed by atoms with Gasteiger partial charge in [0, 0.05) is 37.1 Å². The van der Waals surface area contributed by atoms with Crippen LogP contribution in [-0.4, -0.2) is 74.6 Å². The Labute approximate surface area is 224 Å². The van der Waals surface area contributed by atoms with Gasteiger partial charge < -0.3 is 19.8 Å². The first-order valence-corrected chi connectivity index (χ1v) is 13.9. The van der Waals surface area contributed by atoms with Crippen LogP contribution in [0.25, 0.3) is 6.08 Å². The van der Waals surface area contributed by atoms with Crippen molar-refractivity contribution in [2.24, 2.45) is 17.3 Å². The van der Waals surface area contributed by atoms with Gasteiger partial charge in [-0.15, -0.1) is 11.3 Å². The second-order valence-corrected chi connectivity index (χ2v) is 12.8. The number of aryl methyl sites for hydroxylation is 1. The molecule has 8 nitrogen and oxygen atoms in total. The summed E-state index contributed by atoms with van der Waals surface area (Å²) in [7, 11) is 1.71. The molecule has 2 fully saturated rings. The molecule has 0 aromatic carbocycles. The lowest BCUT2D eigenvalue weighted by molar-refractivity contribution is -0.146. The molecule has 2 aliphatic rings. The summed E-state index contributed by atoms with van der Waals surface area (Å²) in [5.41, 5.74) is -0.0225. The van der Waals surface area contributed by atoms with E-state index in [0.717, 1.165) is 16.3 Å². The van der Waals surface area contributed by atoms with Crippen LogP contribution in [0.1, 0.15) is 77.9 Å². The highest BCUT2D eigenvalue weighted by atomic mass is 32.1. The monoisotopic (exact) mass is 534 g/mol. The average molecular weight is 535 g/mol. The molecule has 1 amide bonds. The Morgan fingerprint density at radius 2 is 1.84 bits per heavy atom. The molecule has 0 spiro atoms. The number of aromatic nitrogens is 1. The number of carbonyl (C=O) groups is 3. The minimum absolute atomic E-state index is 0.119. The van der Waals surface area contributed by atoms with Crippen LogP contribution in [0.15, 0.2) is 11.0 Å². The molecule has 0 bridgehead atoms. The number of hydrogen-bond acceptors (Lipinski definition) is 8. The lowest BCUT2D eigenvalue weighted by Gasteiger charge is -2.36. The molecule has 1 aromatic heterocycles. The summed E-state index contributed by atoms with van der Waals surface area (Å²) < 4.78 is 6.05. The molecule has 9 heteroatoms. The van der Waals surface area contributed by atoms with E-state index in [4.69, 9.17) is 4.74 Å². The van der Waals surface area contributed by atoms with E-state index in [1.165, 1.54) is 0 Å². The van der Waals surface area contributed by atoms with Crippen molar-refractivity contribution in [1.29, 1.82) is 0 Å². The van der Waals surface area contributed by atoms with E-state index < -0.39 is 35.1 Å². The predicted octanol–water partition coefficient (Wildman–Crippen LogP) is 3.57. The number of fused-ring (bicyclic) bond motifs is 1. The number of amides is 1. The summed E-state index contributed by atoms with van der Waals surface area (Å²) in [6.07, 6.45) is 0.416. The number of ketones is 2. The Morgan fingerprint density at radius 1 is 1.19 bits per heavy atom. The minimum Gasteiger partial charge on any atom is -0.392 e. The molecular weight excluding hydrogens is 492 g/mol. The van der Waals surface area contributed by atoms with Gasteiger partial charge in [-0.2, -0.15) is 0 Å². The van der Waals surface area contributed by atoms with Crippen molar-refractivity contribution in [2.75, 3.05) is 7.05 Å². The van der Waals surface area contributed by atoms with E-state index in [1.54, 1.807) is 51.0 Å². The quantitative estimate of drug-likeness (QED) is 0.557. The van der Waals surface area contributed by atoms with E-state index in [2.05, 4.69) is 4.98 Å². The van der Waals surface area contributed by atoms with Gasteiger partial charge in [0.15, 0.2) is 0 Å². The number of thiazole rings is 1. The maximum Gasteiger partial charge on any atom is 0.225 e. The maximum absolute atomic E-state index is 13.4. The molecule has 1 aromatic rings. The Hall–Kier alpha value is -1.94. The molecule has 2 aliphatic heterocycles. The molecule has 0 saturated carbocycles. The highest BCUT2D eigenvalue weighted by molar-refractivity contribution is 7.09. The zero-order chi connectivity index (χ0) is 27.9. The SMILES string of the molecule is C/C(=C\c1csc(C)n1)[C@@H]1CC2O[C@]2(C)CCC(=O)[C@H](C)[C@H](O)[C@@H](C)C(=O)C(C)(C)[C@@H](O)CC(=O)N1C. The third-order valence-electron chi connectivity index (χ3n) is 8.52. The highest BCUT2D eigenvalue weighted by Gasteiger charge is 2.53. The first-order valence-electron chi connectivity index (χ1n) is 13.1. The summed E-state index contributed by atoms with van der Waals surface area (Å²) in [6, 6.07) is -0.310. The largest absolute Gasteiger partial charge is 0.392 e. The average Bonchev–Trinajstić information content (AvgIpc) is 3.30. The fourth-order valence-corrected chi connectivity index (χ4v) is 5.87. The number of carbonyl (C=O) groups excluding carboxylic acids is 3. The molecular formula is C28H42N2O6S. The van der Waals surface area contributed by atoms with Gasteiger partial charge in [-0.3, -0.25) is 14.4 Å². The smallest absolute Gasteiger partial charge is 0.225 e. The molecule has 3 rings (SSSR count). The van der Waals surface area contributed by atoms with E-state index in [9.17, 15) is 24.6 Å². The van der Waals surface area contributed by atoms with Crippen molar-refractivity contribution in [2.45, 2.75) is 104 Å². The van der Waals surface area contributed by atoms with Crippen molar-refractivity contribution < 1.29 is 29.3 Å². The number of likely N-dealkylation sites (N-methyl/N-ethyl adjacent to an activating group) is 1. The minimum atomic E-state index is -1.28. The molecule has 1 unspecified atom stereocenters. The zero-order valence-electron chi connectivity index (χ0n) is 23.3. The molecule has 37 heavy (non-hydrogen) atoms. The molecule has 0 radical (unpaired) electrons. The number of aliphatic hydroxyl groups is 2. The number of epoxide rings is 1. The van der Waals surface area contributed by atoms with Crippen molar-refractivity contribution >= 4 is 34.9 Å². The number of hydrogen-bond donors (Lipinski definition) is 2. The van der Waals surface area contributed by atoms with Gasteiger partial charge in [0.1, 0.15) is 11.6 Å². The van der Waals surface area contributed by atoms with Crippen molar-refractivity contribution in [3.63, 3.8) is 0 Å². The zero-order valence-corrected chi connectivity index (χ0v) is 24.1. The Kier molecular flexibility index (Phi) is 8.84. The Balaban J connectivity index is 1.95. The Morgan fingerprint density at radius 3 is 2.43 bits per heavy atom. The van der Waals surface area contributed by atoms with Gasteiger partial charge in [-0.25, -0.2) is 4.98 Å². The normalized spacial score (nSPS) is 36.4. The van der Waals surface area contributed by atoms with Crippen molar-refractivity contribution in [3.8, 4) is 0 Å². The summed E-state index contributed by atoms with van der Waals surface area (Å²) in [5.74, 6) is -2.38. The van der Waals surface area contributed by atoms with Crippen LogP contribution < -0.4 is 0 Å². The van der Waals surface area contributed by atoms with Gasteiger partial charge in [-0.1, -0.05) is 27.7 Å². The fourth-order valence-electron chi connectivity index (χ4n) is 5.30. The number of ether oxygens (including phenoxy) is 1. The summed E-state index contributed by atoms with van der Waals surface area (Å²) in [5, 5.41) is 24.8. The van der Waals surface area contributed by atoms with Crippen LogP contribution in [0.5, 0.6) is 0 Å². The van der Waals surface area contributed by atoms with E-state index >= 15 is 0 Å². The van der Waals surface area contributed by atoms with Crippen LogP contribution in [-0.2, 0) is 19.1 Å². The molecule has 2 N–H and O–H groups in total. The molecule has 7 atom stereocenters. The third kappa shape index (κ3) is 6.38. The van der Waals surface area contributed by atoms with Crippen LogP contribution >= 0.6 is 11.3 Å². The number of rotatable bonds is 2. The summed E-state index contributed by atoms with van der Waals surface area (Å²) in [6.45, 7) is 12.3. The van der Waals surface area contributed by atoms with Crippen molar-refractivity contribution in [1.82, 2.24) is 9.88 Å². The molecule has 206 valence electrons. The topological polar surface area (TPSA) is 120 Å². The number of Topliss-reactive ketones (excluding diaryl/α,β-unsaturated/α-hetero) is 2. The van der Waals surface area contributed by atoms with Gasteiger partial charge in [0.2, 0.25) is 5.91 Å². The van der Waals surface area contributed by atoms with Gasteiger partial charge >= 0.3 is 0 Å². The second kappa shape index (κ2) is 11.0. The van der Waals surface area contributed by atoms with Crippen LogP contribution in [0.2, 0.25) is 0 Å². The highest BCUT2D eigenvalue weighted by Crippen LogP contribution is 2.45. The lowest BCUT2D eigenvalue weighted by atomic mass is 9.72. The van der Waals surface area contributed by atoms with Crippen molar-refractivity contribution in [3.05, 3.63) is 21.7 Å². The van der Waals surface area contributed by atoms with Gasteiger partial charge in [-0.05, 0) is 38.8 Å². The fraction of sp³-hybridized carbons (Fsp3) is 0.714. The standard InChI is InChI=1S/C28H42N2O6S/c1-15(11-19-14-37-18(4)29-19)20-12-23-28(7,36-23)10-9-21(31)16(2)25(34)17(3)26(35)27(5,6)22(32)13-24(33)30(20)8/h11,14,16-17,20,22-23,25,32,34H,9-10,12-13H2,1-8H3/b15-11+/t16-,17+,20-,22-,23?,25-,28+/m0/s1. The molecule has 3 heterocycles. The number of aliphatic hydroxyl groups excluding tert-OH is 2. The number of nitrogens with zero attached hydrogens (tertiary/aromatic N) is 2. The maximum atomic E-state index is 13.4. The van der Waals surface area contributed by atoms with Crippen LogP contribution in [0.4, 0.5) is 0 Å². The molecule has 2 saturated heterocycles. The van der Waals surface area contributed by atoms with E-state index in [0.29, 0.717) is 12.8 Å². The van der Waals surface area contributed by atoms with Crippen LogP contribution in [0.3, 0.4) is 0 Å². The third-order valence-corrected chi connectivity index (χ3v) is 9.31. The Bertz CT molecular complexity index is 1060. The molecule has 0 aliphatic carbocycles. The first kappa shape index (κ1) is 29.6. The first-order chi connectivity index (χ1) is 17.1. The van der Waals surface area contributed by atoms with E-state index in [1.807, 2.05) is 32.2 Å². The predicted molar refractivity (Wildman–Crippen MR) is 143 cm³/mol. The summed E-state index contributed by atoms with van der Waals surface area (Å²) in [4.78, 5) is 45.8. The second-order valence-electron chi connectivity index (χ2n) is 11.7. The lowest BCUT2D eigenvalue weighted by Crippen LogP contribution is -2.48. The summed E-state index contributed by atoms with van der Waals surface area (Å²) >= 11 is 1.55. The van der Waals surface area contributed by atoms with Crippen LogP contribution in [0, 0.1) is 24.2 Å².